The summed E-state index contributed by atoms with van der Waals surface area (Å²) in [6.45, 7) is 3.88. The molecule has 26 heavy (non-hydrogen) atoms. The van der Waals surface area contributed by atoms with Crippen molar-refractivity contribution in [3.63, 3.8) is 0 Å². The molecule has 136 valence electrons. The van der Waals surface area contributed by atoms with E-state index in [0.29, 0.717) is 17.3 Å². The number of amides is 1. The van der Waals surface area contributed by atoms with Crippen LogP contribution in [0.25, 0.3) is 0 Å². The molecule has 0 saturated carbocycles. The van der Waals surface area contributed by atoms with Crippen LogP contribution < -0.4 is 14.8 Å². The van der Waals surface area contributed by atoms with Crippen molar-refractivity contribution in [2.75, 3.05) is 19.5 Å². The molecule has 1 aromatic carbocycles. The smallest absolute Gasteiger partial charge is 0.293 e. The molecule has 0 aliphatic carbocycles. The Morgan fingerprint density at radius 2 is 2.00 bits per heavy atom. The number of hydrogen-bond donors (Lipinski definition) is 1. The van der Waals surface area contributed by atoms with Gasteiger partial charge in [-0.25, -0.2) is 4.98 Å². The van der Waals surface area contributed by atoms with Crippen LogP contribution in [0, 0.1) is 13.8 Å². The number of ether oxygens (including phenoxy) is 2. The van der Waals surface area contributed by atoms with E-state index < -0.39 is 0 Å². The number of hydrogen-bond acceptors (Lipinski definition) is 6. The second kappa shape index (κ2) is 7.61. The first-order chi connectivity index (χ1) is 12.5. The van der Waals surface area contributed by atoms with Crippen LogP contribution in [0.1, 0.15) is 32.4 Å². The lowest BCUT2D eigenvalue weighted by Gasteiger charge is -2.09. The zero-order valence-electron chi connectivity index (χ0n) is 15.1. The van der Waals surface area contributed by atoms with Gasteiger partial charge in [0, 0.05) is 16.9 Å². The van der Waals surface area contributed by atoms with Crippen LogP contribution in [0.15, 0.2) is 34.7 Å². The van der Waals surface area contributed by atoms with Crippen molar-refractivity contribution in [2.45, 2.75) is 20.3 Å². The molecule has 2 aromatic heterocycles. The summed E-state index contributed by atoms with van der Waals surface area (Å²) < 4.78 is 16.3. The number of anilines is 1. The average molecular weight is 372 g/mol. The molecular weight excluding hydrogens is 352 g/mol. The summed E-state index contributed by atoms with van der Waals surface area (Å²) in [5.74, 6) is 2.06. The van der Waals surface area contributed by atoms with Gasteiger partial charge in [-0.05, 0) is 44.2 Å². The fraction of sp³-hybridized carbons (Fsp3) is 0.263. The van der Waals surface area contributed by atoms with Crippen LogP contribution in [-0.4, -0.2) is 25.1 Å². The highest BCUT2D eigenvalue weighted by Gasteiger charge is 2.15. The number of nitrogens with one attached hydrogen (secondary N) is 1. The van der Waals surface area contributed by atoms with Crippen molar-refractivity contribution >= 4 is 22.4 Å². The first kappa shape index (κ1) is 18.0. The predicted molar refractivity (Wildman–Crippen MR) is 101 cm³/mol. The standard InChI is InChI=1S/C19H20N2O4S/c1-11-12(2)26-19(20-11)21-18(22)17-8-6-15(25-17)10-13-9-14(23-3)5-7-16(13)24-4/h5-9H,10H2,1-4H3,(H,20,21,22). The zero-order chi connectivity index (χ0) is 18.7. The molecule has 0 aliphatic heterocycles. The lowest BCUT2D eigenvalue weighted by Crippen LogP contribution is -2.10. The average Bonchev–Trinajstić information content (AvgIpc) is 3.21. The minimum atomic E-state index is -0.317. The molecule has 6 nitrogen and oxygen atoms in total. The van der Waals surface area contributed by atoms with Crippen molar-refractivity contribution in [1.82, 2.24) is 4.98 Å². The second-order valence-corrected chi connectivity index (χ2v) is 6.94. The number of methoxy groups -OCH3 is 2. The summed E-state index contributed by atoms with van der Waals surface area (Å²) in [5, 5.41) is 3.33. The molecule has 0 saturated heterocycles. The van der Waals surface area contributed by atoms with Crippen LogP contribution >= 0.6 is 11.3 Å². The highest BCUT2D eigenvalue weighted by atomic mass is 32.1. The lowest BCUT2D eigenvalue weighted by molar-refractivity contribution is 0.0995. The Morgan fingerprint density at radius 3 is 2.65 bits per heavy atom. The van der Waals surface area contributed by atoms with Gasteiger partial charge in [0.15, 0.2) is 10.9 Å². The van der Waals surface area contributed by atoms with E-state index in [9.17, 15) is 4.79 Å². The minimum Gasteiger partial charge on any atom is -0.497 e. The number of aryl methyl sites for hydroxylation is 2. The Bertz CT molecular complexity index is 910. The molecule has 0 spiro atoms. The van der Waals surface area contributed by atoms with Crippen molar-refractivity contribution < 1.29 is 18.7 Å². The molecule has 7 heteroatoms. The van der Waals surface area contributed by atoms with Gasteiger partial charge in [-0.3, -0.25) is 10.1 Å². The summed E-state index contributed by atoms with van der Waals surface area (Å²) in [6, 6.07) is 9.01. The normalized spacial score (nSPS) is 10.6. The molecule has 0 atom stereocenters. The van der Waals surface area contributed by atoms with E-state index in [0.717, 1.165) is 27.6 Å². The molecule has 0 aliphatic rings. The van der Waals surface area contributed by atoms with Gasteiger partial charge in [-0.15, -0.1) is 11.3 Å². The molecule has 0 fully saturated rings. The second-order valence-electron chi connectivity index (χ2n) is 5.74. The van der Waals surface area contributed by atoms with Gasteiger partial charge in [0.1, 0.15) is 17.3 Å². The summed E-state index contributed by atoms with van der Waals surface area (Å²) in [5.41, 5.74) is 1.83. The van der Waals surface area contributed by atoms with Crippen molar-refractivity contribution in [3.05, 3.63) is 58.0 Å². The summed E-state index contributed by atoms with van der Waals surface area (Å²) in [4.78, 5) is 17.7. The van der Waals surface area contributed by atoms with Gasteiger partial charge in [-0.1, -0.05) is 0 Å². The molecule has 2 heterocycles. The summed E-state index contributed by atoms with van der Waals surface area (Å²) in [6.07, 6.45) is 0.489. The fourth-order valence-electron chi connectivity index (χ4n) is 2.49. The molecule has 3 aromatic rings. The Hall–Kier alpha value is -2.80. The Kier molecular flexibility index (Phi) is 5.27. The molecule has 0 bridgehead atoms. The fourth-order valence-corrected chi connectivity index (χ4v) is 3.30. The Balaban J connectivity index is 1.74. The van der Waals surface area contributed by atoms with E-state index >= 15 is 0 Å². The van der Waals surface area contributed by atoms with Crippen LogP contribution in [0.4, 0.5) is 5.13 Å². The Morgan fingerprint density at radius 1 is 1.19 bits per heavy atom. The number of furan rings is 1. The minimum absolute atomic E-state index is 0.243. The maximum absolute atomic E-state index is 12.3. The topological polar surface area (TPSA) is 73.6 Å². The Labute approximate surface area is 155 Å². The van der Waals surface area contributed by atoms with Crippen LogP contribution in [0.5, 0.6) is 11.5 Å². The number of thiazole rings is 1. The molecule has 1 amide bonds. The first-order valence-electron chi connectivity index (χ1n) is 8.05. The maximum Gasteiger partial charge on any atom is 0.293 e. The quantitative estimate of drug-likeness (QED) is 0.701. The van der Waals surface area contributed by atoms with Gasteiger partial charge in [0.2, 0.25) is 0 Å². The maximum atomic E-state index is 12.3. The van der Waals surface area contributed by atoms with Crippen LogP contribution in [-0.2, 0) is 6.42 Å². The molecule has 0 radical (unpaired) electrons. The van der Waals surface area contributed by atoms with E-state index in [1.165, 1.54) is 11.3 Å². The van der Waals surface area contributed by atoms with E-state index in [2.05, 4.69) is 10.3 Å². The number of rotatable bonds is 6. The number of aromatic nitrogens is 1. The summed E-state index contributed by atoms with van der Waals surface area (Å²) >= 11 is 1.44. The highest BCUT2D eigenvalue weighted by Crippen LogP contribution is 2.27. The SMILES string of the molecule is COc1ccc(OC)c(Cc2ccc(C(=O)Nc3nc(C)c(C)s3)o2)c1. The predicted octanol–water partition coefficient (Wildman–Crippen LogP) is 4.21. The number of carbonyl (C=O) groups excluding carboxylic acids is 1. The molecule has 3 rings (SSSR count). The van der Waals surface area contributed by atoms with Gasteiger partial charge in [0.05, 0.1) is 19.9 Å². The van der Waals surface area contributed by atoms with Gasteiger partial charge in [-0.2, -0.15) is 0 Å². The van der Waals surface area contributed by atoms with Crippen LogP contribution in [0.3, 0.4) is 0 Å². The van der Waals surface area contributed by atoms with Crippen LogP contribution in [0.2, 0.25) is 0 Å². The van der Waals surface area contributed by atoms with Crippen molar-refractivity contribution in [1.29, 1.82) is 0 Å². The van der Waals surface area contributed by atoms with E-state index in [-0.39, 0.29) is 11.7 Å². The molecule has 0 unspecified atom stereocenters. The van der Waals surface area contributed by atoms with E-state index in [1.807, 2.05) is 32.0 Å². The molecule has 1 N–H and O–H groups in total. The third kappa shape index (κ3) is 3.88. The van der Waals surface area contributed by atoms with E-state index in [1.54, 1.807) is 26.4 Å². The highest BCUT2D eigenvalue weighted by molar-refractivity contribution is 7.15. The first-order valence-corrected chi connectivity index (χ1v) is 8.86. The molecular formula is C19H20N2O4S. The third-order valence-corrected chi connectivity index (χ3v) is 4.97. The monoisotopic (exact) mass is 372 g/mol. The van der Waals surface area contributed by atoms with Crippen molar-refractivity contribution in [3.8, 4) is 11.5 Å². The van der Waals surface area contributed by atoms with Gasteiger partial charge < -0.3 is 13.9 Å². The number of nitrogens with zero attached hydrogens (tertiary/aromatic N) is 1. The number of benzene rings is 1. The van der Waals surface area contributed by atoms with Gasteiger partial charge >= 0.3 is 0 Å². The van der Waals surface area contributed by atoms with Gasteiger partial charge in [0.25, 0.3) is 5.91 Å². The lowest BCUT2D eigenvalue weighted by atomic mass is 10.1. The zero-order valence-corrected chi connectivity index (χ0v) is 15.9. The summed E-state index contributed by atoms with van der Waals surface area (Å²) in [7, 11) is 3.23. The number of carbonyl (C=O) groups is 1. The third-order valence-electron chi connectivity index (χ3n) is 3.99. The van der Waals surface area contributed by atoms with E-state index in [4.69, 9.17) is 13.9 Å². The largest absolute Gasteiger partial charge is 0.497 e. The van der Waals surface area contributed by atoms with Crippen molar-refractivity contribution in [2.24, 2.45) is 0 Å².